The molecular weight excluding hydrogens is 224 g/mol. The minimum Gasteiger partial charge on any atom is -0.506 e. The number of phenolic OH excluding ortho intramolecular Hbond substituents is 1. The highest BCUT2D eigenvalue weighted by atomic mass is 35.5. The molecular formula is C12H17ClN2O. The average molecular weight is 241 g/mol. The number of aromatic hydroxyl groups is 1. The van der Waals surface area contributed by atoms with Gasteiger partial charge in [-0.3, -0.25) is 0 Å². The summed E-state index contributed by atoms with van der Waals surface area (Å²) in [7, 11) is 0. The molecule has 16 heavy (non-hydrogen) atoms. The number of nitrogens with zero attached hydrogens (tertiary/aromatic N) is 1. The van der Waals surface area contributed by atoms with Gasteiger partial charge in [0, 0.05) is 31.9 Å². The van der Waals surface area contributed by atoms with E-state index in [9.17, 15) is 5.11 Å². The predicted molar refractivity (Wildman–Crippen MR) is 67.6 cm³/mol. The van der Waals surface area contributed by atoms with Crippen LogP contribution in [0, 0.1) is 0 Å². The van der Waals surface area contributed by atoms with E-state index in [-0.39, 0.29) is 5.75 Å². The smallest absolute Gasteiger partial charge is 0.134 e. The number of anilines is 1. The van der Waals surface area contributed by atoms with E-state index in [1.807, 2.05) is 6.07 Å². The van der Waals surface area contributed by atoms with Crippen LogP contribution in [0.4, 0.5) is 5.69 Å². The third-order valence-electron chi connectivity index (χ3n) is 3.01. The van der Waals surface area contributed by atoms with Crippen molar-refractivity contribution in [1.82, 2.24) is 5.32 Å². The molecule has 0 amide bonds. The number of hydrogen-bond donors (Lipinski definition) is 2. The van der Waals surface area contributed by atoms with Gasteiger partial charge in [0.2, 0.25) is 0 Å². The molecule has 0 aliphatic carbocycles. The van der Waals surface area contributed by atoms with Crippen molar-refractivity contribution in [3.8, 4) is 5.75 Å². The van der Waals surface area contributed by atoms with E-state index in [1.54, 1.807) is 6.07 Å². The van der Waals surface area contributed by atoms with E-state index in [2.05, 4.69) is 17.1 Å². The van der Waals surface area contributed by atoms with Gasteiger partial charge in [0.05, 0.1) is 5.02 Å². The highest BCUT2D eigenvalue weighted by Gasteiger charge is 2.16. The number of hydrogen-bond acceptors (Lipinski definition) is 3. The molecule has 88 valence electrons. The summed E-state index contributed by atoms with van der Waals surface area (Å²) in [5.41, 5.74) is 2.20. The lowest BCUT2D eigenvalue weighted by atomic mass is 10.1. The van der Waals surface area contributed by atoms with Crippen molar-refractivity contribution >= 4 is 17.3 Å². The fourth-order valence-corrected chi connectivity index (χ4v) is 2.43. The normalized spacial score (nSPS) is 16.5. The number of phenols is 1. The van der Waals surface area contributed by atoms with Gasteiger partial charge in [-0.1, -0.05) is 18.5 Å². The van der Waals surface area contributed by atoms with Crippen molar-refractivity contribution in [3.63, 3.8) is 0 Å². The highest BCUT2D eigenvalue weighted by molar-refractivity contribution is 6.33. The molecule has 1 fully saturated rings. The summed E-state index contributed by atoms with van der Waals surface area (Å²) in [6.45, 7) is 6.05. The summed E-state index contributed by atoms with van der Waals surface area (Å²) in [6.07, 6.45) is 0.840. The van der Waals surface area contributed by atoms with Crippen LogP contribution < -0.4 is 10.2 Å². The Kier molecular flexibility index (Phi) is 3.56. The zero-order valence-electron chi connectivity index (χ0n) is 9.46. The average Bonchev–Trinajstić information content (AvgIpc) is 2.33. The second-order valence-electron chi connectivity index (χ2n) is 3.99. The summed E-state index contributed by atoms with van der Waals surface area (Å²) in [5, 5.41) is 13.4. The van der Waals surface area contributed by atoms with Crippen LogP contribution in [-0.4, -0.2) is 31.3 Å². The summed E-state index contributed by atoms with van der Waals surface area (Å²) in [5.74, 6) is 0.178. The van der Waals surface area contributed by atoms with Gasteiger partial charge >= 0.3 is 0 Å². The van der Waals surface area contributed by atoms with Gasteiger partial charge in [0.15, 0.2) is 0 Å². The topological polar surface area (TPSA) is 35.5 Å². The number of halogens is 1. The Morgan fingerprint density at radius 3 is 2.69 bits per heavy atom. The lowest BCUT2D eigenvalue weighted by Gasteiger charge is -2.31. The summed E-state index contributed by atoms with van der Waals surface area (Å²) in [4.78, 5) is 2.32. The first-order valence-corrected chi connectivity index (χ1v) is 6.08. The molecule has 1 aromatic rings. The van der Waals surface area contributed by atoms with Crippen LogP contribution in [-0.2, 0) is 6.42 Å². The van der Waals surface area contributed by atoms with Gasteiger partial charge in [-0.15, -0.1) is 0 Å². The largest absolute Gasteiger partial charge is 0.506 e. The molecule has 3 nitrogen and oxygen atoms in total. The van der Waals surface area contributed by atoms with Gasteiger partial charge in [0.25, 0.3) is 0 Å². The summed E-state index contributed by atoms with van der Waals surface area (Å²) >= 11 is 6.13. The van der Waals surface area contributed by atoms with E-state index < -0.39 is 0 Å². The monoisotopic (exact) mass is 240 g/mol. The summed E-state index contributed by atoms with van der Waals surface area (Å²) < 4.78 is 0. The molecule has 1 aromatic carbocycles. The van der Waals surface area contributed by atoms with E-state index in [1.165, 1.54) is 0 Å². The Balaban J connectivity index is 2.35. The highest BCUT2D eigenvalue weighted by Crippen LogP contribution is 2.34. The molecule has 0 bridgehead atoms. The molecule has 2 N–H and O–H groups in total. The van der Waals surface area contributed by atoms with Crippen molar-refractivity contribution in [2.75, 3.05) is 31.1 Å². The van der Waals surface area contributed by atoms with Crippen molar-refractivity contribution in [3.05, 3.63) is 22.7 Å². The maximum Gasteiger partial charge on any atom is 0.134 e. The Labute approximate surface area is 101 Å². The molecule has 0 spiro atoms. The first kappa shape index (κ1) is 11.6. The van der Waals surface area contributed by atoms with Gasteiger partial charge in [-0.25, -0.2) is 0 Å². The molecule has 0 aromatic heterocycles. The molecule has 0 unspecified atom stereocenters. The van der Waals surface area contributed by atoms with Crippen molar-refractivity contribution in [2.45, 2.75) is 13.3 Å². The van der Waals surface area contributed by atoms with E-state index in [4.69, 9.17) is 11.6 Å². The van der Waals surface area contributed by atoms with Crippen LogP contribution in [0.5, 0.6) is 5.75 Å². The van der Waals surface area contributed by atoms with Crippen molar-refractivity contribution < 1.29 is 5.11 Å². The third-order valence-corrected chi connectivity index (χ3v) is 3.43. The third kappa shape index (κ3) is 2.11. The maximum atomic E-state index is 9.59. The Hall–Kier alpha value is -0.930. The van der Waals surface area contributed by atoms with Crippen LogP contribution in [0.1, 0.15) is 12.5 Å². The molecule has 1 aliphatic heterocycles. The van der Waals surface area contributed by atoms with Crippen LogP contribution in [0.25, 0.3) is 0 Å². The maximum absolute atomic E-state index is 9.59. The van der Waals surface area contributed by atoms with Gasteiger partial charge in [-0.2, -0.15) is 0 Å². The fraction of sp³-hybridized carbons (Fsp3) is 0.500. The van der Waals surface area contributed by atoms with Gasteiger partial charge < -0.3 is 15.3 Å². The lowest BCUT2D eigenvalue weighted by molar-refractivity contribution is 0.474. The molecule has 0 atom stereocenters. The molecule has 1 saturated heterocycles. The zero-order valence-corrected chi connectivity index (χ0v) is 10.2. The molecule has 2 rings (SSSR count). The van der Waals surface area contributed by atoms with Crippen LogP contribution in [0.15, 0.2) is 12.1 Å². The SMILES string of the molecule is CCc1c(N2CCNCC2)ccc(O)c1Cl. The Bertz CT molecular complexity index is 376. The second-order valence-corrected chi connectivity index (χ2v) is 4.36. The van der Waals surface area contributed by atoms with Gasteiger partial charge in [-0.05, 0) is 24.1 Å². The van der Waals surface area contributed by atoms with E-state index in [0.717, 1.165) is 43.9 Å². The minimum atomic E-state index is 0.178. The van der Waals surface area contributed by atoms with Crippen LogP contribution >= 0.6 is 11.6 Å². The number of rotatable bonds is 2. The van der Waals surface area contributed by atoms with Crippen LogP contribution in [0.2, 0.25) is 5.02 Å². The molecule has 1 aliphatic rings. The Morgan fingerprint density at radius 1 is 1.38 bits per heavy atom. The van der Waals surface area contributed by atoms with E-state index >= 15 is 0 Å². The molecule has 4 heteroatoms. The zero-order chi connectivity index (χ0) is 11.5. The van der Waals surface area contributed by atoms with E-state index in [0.29, 0.717) is 5.02 Å². The first-order chi connectivity index (χ1) is 7.74. The number of nitrogens with one attached hydrogen (secondary N) is 1. The van der Waals surface area contributed by atoms with Gasteiger partial charge in [0.1, 0.15) is 5.75 Å². The number of piperazine rings is 1. The predicted octanol–water partition coefficient (Wildman–Crippen LogP) is 2.02. The standard InChI is InChI=1S/C12H17ClN2O/c1-2-9-10(3-4-11(16)12(9)13)15-7-5-14-6-8-15/h3-4,14,16H,2,5-8H2,1H3. The fourth-order valence-electron chi connectivity index (χ4n) is 2.14. The minimum absolute atomic E-state index is 0.178. The molecule has 1 heterocycles. The molecule has 0 radical (unpaired) electrons. The van der Waals surface area contributed by atoms with Crippen molar-refractivity contribution in [2.24, 2.45) is 0 Å². The summed E-state index contributed by atoms with van der Waals surface area (Å²) in [6, 6.07) is 3.64. The second kappa shape index (κ2) is 4.93. The lowest BCUT2D eigenvalue weighted by Crippen LogP contribution is -2.43. The van der Waals surface area contributed by atoms with Crippen LogP contribution in [0.3, 0.4) is 0 Å². The number of benzene rings is 1. The first-order valence-electron chi connectivity index (χ1n) is 5.70. The quantitative estimate of drug-likeness (QED) is 0.830. The molecule has 0 saturated carbocycles. The van der Waals surface area contributed by atoms with Crippen molar-refractivity contribution in [1.29, 1.82) is 0 Å². The Morgan fingerprint density at radius 2 is 2.06 bits per heavy atom.